The summed E-state index contributed by atoms with van der Waals surface area (Å²) in [5.41, 5.74) is 7.00. The number of nitrogens with zero attached hydrogens (tertiary/aromatic N) is 1. The van der Waals surface area contributed by atoms with Crippen molar-refractivity contribution in [3.63, 3.8) is 0 Å². The summed E-state index contributed by atoms with van der Waals surface area (Å²) in [5.74, 6) is -0.0592. The van der Waals surface area contributed by atoms with Gasteiger partial charge in [-0.2, -0.15) is 0 Å². The first-order valence-corrected chi connectivity index (χ1v) is 8.16. The Morgan fingerprint density at radius 1 is 0.958 bits per heavy atom. The minimum absolute atomic E-state index is 0.0592. The normalized spacial score (nSPS) is 10.8. The summed E-state index contributed by atoms with van der Waals surface area (Å²) < 4.78 is 0. The van der Waals surface area contributed by atoms with Crippen LogP contribution in [0.2, 0.25) is 0 Å². The Bertz CT molecular complexity index is 911. The summed E-state index contributed by atoms with van der Waals surface area (Å²) in [6.45, 7) is 8.58. The number of hydrogen-bond donors (Lipinski definition) is 1. The van der Waals surface area contributed by atoms with Gasteiger partial charge in [-0.1, -0.05) is 41.5 Å². The van der Waals surface area contributed by atoms with Gasteiger partial charge in [0.05, 0.1) is 11.1 Å². The van der Waals surface area contributed by atoms with Gasteiger partial charge in [-0.25, -0.2) is 0 Å². The van der Waals surface area contributed by atoms with E-state index < -0.39 is 0 Å². The maximum Gasteiger partial charge on any atom is 0.252 e. The van der Waals surface area contributed by atoms with Crippen molar-refractivity contribution in [3.05, 3.63) is 76.0 Å². The molecule has 0 fully saturated rings. The van der Waals surface area contributed by atoms with Gasteiger partial charge in [-0.15, -0.1) is 0 Å². The van der Waals surface area contributed by atoms with Crippen molar-refractivity contribution < 1.29 is 4.79 Å². The van der Waals surface area contributed by atoms with Crippen molar-refractivity contribution in [1.29, 1.82) is 0 Å². The van der Waals surface area contributed by atoms with Crippen LogP contribution in [-0.4, -0.2) is 10.9 Å². The zero-order valence-corrected chi connectivity index (χ0v) is 14.6. The molecule has 3 nitrogen and oxygen atoms in total. The van der Waals surface area contributed by atoms with Crippen LogP contribution in [0, 0.1) is 27.7 Å². The van der Waals surface area contributed by atoms with E-state index in [0.717, 1.165) is 33.3 Å². The highest BCUT2D eigenvalue weighted by Crippen LogP contribution is 2.23. The van der Waals surface area contributed by atoms with Crippen molar-refractivity contribution in [1.82, 2.24) is 10.3 Å². The van der Waals surface area contributed by atoms with Crippen LogP contribution >= 0.6 is 0 Å². The van der Waals surface area contributed by atoms with E-state index in [4.69, 9.17) is 0 Å². The molecule has 0 saturated carbocycles. The van der Waals surface area contributed by atoms with Crippen LogP contribution in [0.25, 0.3) is 10.9 Å². The molecule has 3 aromatic rings. The van der Waals surface area contributed by atoms with Crippen molar-refractivity contribution in [2.75, 3.05) is 0 Å². The Kier molecular flexibility index (Phi) is 4.34. The van der Waals surface area contributed by atoms with E-state index in [0.29, 0.717) is 12.1 Å². The van der Waals surface area contributed by atoms with E-state index in [1.54, 1.807) is 0 Å². The molecule has 1 heterocycles. The fourth-order valence-electron chi connectivity index (χ4n) is 2.98. The van der Waals surface area contributed by atoms with E-state index >= 15 is 0 Å². The zero-order valence-electron chi connectivity index (χ0n) is 14.6. The smallest absolute Gasteiger partial charge is 0.252 e. The molecule has 0 saturated heterocycles. The lowest BCUT2D eigenvalue weighted by atomic mass is 10.0. The number of aromatic nitrogens is 1. The van der Waals surface area contributed by atoms with Gasteiger partial charge in [0, 0.05) is 17.6 Å². The number of carbonyl (C=O) groups is 1. The third kappa shape index (κ3) is 3.30. The largest absolute Gasteiger partial charge is 0.348 e. The summed E-state index contributed by atoms with van der Waals surface area (Å²) in [6, 6.07) is 14.2. The highest BCUT2D eigenvalue weighted by Gasteiger charge is 2.13. The molecular weight excluding hydrogens is 296 g/mol. The van der Waals surface area contributed by atoms with Crippen LogP contribution in [0.15, 0.2) is 42.5 Å². The number of fused-ring (bicyclic) bond motifs is 1. The van der Waals surface area contributed by atoms with Crippen molar-refractivity contribution in [2.45, 2.75) is 34.2 Å². The van der Waals surface area contributed by atoms with Gasteiger partial charge >= 0.3 is 0 Å². The van der Waals surface area contributed by atoms with E-state index in [9.17, 15) is 4.79 Å². The third-order valence-electron chi connectivity index (χ3n) is 4.19. The molecule has 1 N–H and O–H groups in total. The molecule has 0 radical (unpaired) electrons. The minimum atomic E-state index is -0.0592. The predicted molar refractivity (Wildman–Crippen MR) is 98.3 cm³/mol. The van der Waals surface area contributed by atoms with Crippen LogP contribution in [-0.2, 0) is 6.54 Å². The molecule has 0 atom stereocenters. The summed E-state index contributed by atoms with van der Waals surface area (Å²) in [7, 11) is 0. The molecule has 1 aromatic heterocycles. The minimum Gasteiger partial charge on any atom is -0.348 e. The monoisotopic (exact) mass is 318 g/mol. The van der Waals surface area contributed by atoms with E-state index in [2.05, 4.69) is 35.4 Å². The molecule has 0 aliphatic rings. The van der Waals surface area contributed by atoms with E-state index in [1.165, 1.54) is 5.56 Å². The lowest BCUT2D eigenvalue weighted by Gasteiger charge is -2.11. The van der Waals surface area contributed by atoms with Gasteiger partial charge in [-0.3, -0.25) is 9.78 Å². The standard InChI is InChI=1S/C21H22N2O/c1-13-5-7-17(8-6-13)12-22-21(24)19-11-16(4)23-20-15(3)9-14(2)10-18(19)20/h5-11H,12H2,1-4H3,(H,22,24). The summed E-state index contributed by atoms with van der Waals surface area (Å²) in [4.78, 5) is 17.3. The van der Waals surface area contributed by atoms with Gasteiger partial charge in [-0.05, 0) is 51.0 Å². The highest BCUT2D eigenvalue weighted by atomic mass is 16.1. The number of pyridine rings is 1. The SMILES string of the molecule is Cc1ccc(CNC(=O)c2cc(C)nc3c(C)cc(C)cc23)cc1. The topological polar surface area (TPSA) is 42.0 Å². The average molecular weight is 318 g/mol. The maximum absolute atomic E-state index is 12.7. The van der Waals surface area contributed by atoms with E-state index in [1.807, 2.05) is 45.0 Å². The number of rotatable bonds is 3. The Morgan fingerprint density at radius 3 is 2.38 bits per heavy atom. The second kappa shape index (κ2) is 6.44. The van der Waals surface area contributed by atoms with Gasteiger partial charge in [0.1, 0.15) is 0 Å². The quantitative estimate of drug-likeness (QED) is 0.778. The molecule has 0 bridgehead atoms. The maximum atomic E-state index is 12.7. The number of hydrogen-bond acceptors (Lipinski definition) is 2. The second-order valence-electron chi connectivity index (χ2n) is 6.46. The van der Waals surface area contributed by atoms with Gasteiger partial charge in [0.2, 0.25) is 0 Å². The molecule has 0 spiro atoms. The number of amides is 1. The number of nitrogens with one attached hydrogen (secondary N) is 1. The zero-order chi connectivity index (χ0) is 17.3. The molecule has 3 heteroatoms. The van der Waals surface area contributed by atoms with Crippen molar-refractivity contribution in [3.8, 4) is 0 Å². The Morgan fingerprint density at radius 2 is 1.67 bits per heavy atom. The Labute approximate surface area is 142 Å². The summed E-state index contributed by atoms with van der Waals surface area (Å²) >= 11 is 0. The van der Waals surface area contributed by atoms with Crippen LogP contribution < -0.4 is 5.32 Å². The number of benzene rings is 2. The number of aryl methyl sites for hydroxylation is 4. The second-order valence-corrected chi connectivity index (χ2v) is 6.46. The predicted octanol–water partition coefficient (Wildman–Crippen LogP) is 4.40. The van der Waals surface area contributed by atoms with Crippen LogP contribution in [0.4, 0.5) is 0 Å². The first-order chi connectivity index (χ1) is 11.4. The Balaban J connectivity index is 1.93. The summed E-state index contributed by atoms with van der Waals surface area (Å²) in [5, 5.41) is 3.94. The van der Waals surface area contributed by atoms with Gasteiger partial charge in [0.25, 0.3) is 5.91 Å². The molecule has 0 aliphatic heterocycles. The molecular formula is C21H22N2O. The third-order valence-corrected chi connectivity index (χ3v) is 4.19. The molecule has 0 aliphatic carbocycles. The molecule has 24 heavy (non-hydrogen) atoms. The fourth-order valence-corrected chi connectivity index (χ4v) is 2.98. The Hall–Kier alpha value is -2.68. The van der Waals surface area contributed by atoms with Crippen LogP contribution in [0.3, 0.4) is 0 Å². The molecule has 0 unspecified atom stereocenters. The lowest BCUT2D eigenvalue weighted by molar-refractivity contribution is 0.0952. The fraction of sp³-hybridized carbons (Fsp3) is 0.238. The van der Waals surface area contributed by atoms with Crippen LogP contribution in [0.1, 0.15) is 38.3 Å². The van der Waals surface area contributed by atoms with E-state index in [-0.39, 0.29) is 5.91 Å². The number of carbonyl (C=O) groups excluding carboxylic acids is 1. The average Bonchev–Trinajstić information content (AvgIpc) is 2.54. The molecule has 2 aromatic carbocycles. The first-order valence-electron chi connectivity index (χ1n) is 8.16. The molecule has 3 rings (SSSR count). The summed E-state index contributed by atoms with van der Waals surface area (Å²) in [6.07, 6.45) is 0. The van der Waals surface area contributed by atoms with Crippen molar-refractivity contribution in [2.24, 2.45) is 0 Å². The van der Waals surface area contributed by atoms with Gasteiger partial charge < -0.3 is 5.32 Å². The lowest BCUT2D eigenvalue weighted by Crippen LogP contribution is -2.23. The molecule has 1 amide bonds. The van der Waals surface area contributed by atoms with Crippen molar-refractivity contribution >= 4 is 16.8 Å². The highest BCUT2D eigenvalue weighted by molar-refractivity contribution is 6.07. The van der Waals surface area contributed by atoms with Crippen LogP contribution in [0.5, 0.6) is 0 Å². The first kappa shape index (κ1) is 16.2. The molecule has 122 valence electrons. The van der Waals surface area contributed by atoms with Gasteiger partial charge in [0.15, 0.2) is 0 Å².